The molecule has 2 N–H and O–H groups in total. The standard InChI is InChI=1S/C12H23N3.2C2H6/c1-5-8-12(13)14-11(4)15(9-6-2)10-7-3;2*1-2/h5,8H,4,6-7,9-10H2,1-3H3,(H2,13,14);2*1-2H3/b8-5-;;. The zero-order valence-corrected chi connectivity index (χ0v) is 14.2. The molecule has 3 heteroatoms. The van der Waals surface area contributed by atoms with Crippen LogP contribution in [-0.4, -0.2) is 23.8 Å². The highest BCUT2D eigenvalue weighted by molar-refractivity contribution is 5.91. The average Bonchev–Trinajstić information content (AvgIpc) is 2.43. The Morgan fingerprint density at radius 1 is 1.11 bits per heavy atom. The molecule has 0 spiro atoms. The second-order valence-electron chi connectivity index (χ2n) is 3.44. The van der Waals surface area contributed by atoms with Gasteiger partial charge in [-0.1, -0.05) is 54.2 Å². The topological polar surface area (TPSA) is 41.6 Å². The largest absolute Gasteiger partial charge is 0.384 e. The van der Waals surface area contributed by atoms with Gasteiger partial charge in [-0.3, -0.25) is 0 Å². The Morgan fingerprint density at radius 2 is 1.53 bits per heavy atom. The monoisotopic (exact) mass is 269 g/mol. The lowest BCUT2D eigenvalue weighted by Crippen LogP contribution is -2.24. The van der Waals surface area contributed by atoms with Crippen LogP contribution in [0.5, 0.6) is 0 Å². The van der Waals surface area contributed by atoms with Gasteiger partial charge in [0, 0.05) is 13.1 Å². The molecule has 3 nitrogen and oxygen atoms in total. The van der Waals surface area contributed by atoms with Gasteiger partial charge in [0.25, 0.3) is 0 Å². The average molecular weight is 269 g/mol. The van der Waals surface area contributed by atoms with Crippen molar-refractivity contribution < 1.29 is 0 Å². The normalized spacial score (nSPS) is 10.2. The van der Waals surface area contributed by atoms with Gasteiger partial charge in [-0.15, -0.1) is 0 Å². The molecule has 0 rings (SSSR count). The van der Waals surface area contributed by atoms with Crippen LogP contribution in [0.4, 0.5) is 0 Å². The lowest BCUT2D eigenvalue weighted by molar-refractivity contribution is 0.343. The number of nitrogens with two attached hydrogens (primary N) is 1. The molecule has 0 radical (unpaired) electrons. The Kier molecular flexibility index (Phi) is 23.0. The van der Waals surface area contributed by atoms with Gasteiger partial charge in [0.05, 0.1) is 0 Å². The van der Waals surface area contributed by atoms with Crippen molar-refractivity contribution in [1.29, 1.82) is 0 Å². The molecule has 0 aliphatic carbocycles. The summed E-state index contributed by atoms with van der Waals surface area (Å²) < 4.78 is 0. The summed E-state index contributed by atoms with van der Waals surface area (Å²) in [6.07, 6.45) is 5.84. The first-order chi connectivity index (χ1) is 9.15. The van der Waals surface area contributed by atoms with E-state index in [1.54, 1.807) is 6.08 Å². The van der Waals surface area contributed by atoms with E-state index in [2.05, 4.69) is 30.3 Å². The van der Waals surface area contributed by atoms with Crippen LogP contribution < -0.4 is 5.73 Å². The third-order valence-electron chi connectivity index (χ3n) is 1.95. The van der Waals surface area contributed by atoms with E-state index in [0.717, 1.165) is 31.8 Å². The summed E-state index contributed by atoms with van der Waals surface area (Å²) in [5.74, 6) is 1.27. The molecule has 0 aliphatic rings. The minimum absolute atomic E-state index is 0.514. The van der Waals surface area contributed by atoms with Gasteiger partial charge in [-0.25, -0.2) is 4.99 Å². The van der Waals surface area contributed by atoms with Gasteiger partial charge in [0.1, 0.15) is 11.7 Å². The number of amidine groups is 1. The molecule has 114 valence electrons. The molecule has 0 aliphatic heterocycles. The van der Waals surface area contributed by atoms with Gasteiger partial charge in [-0.2, -0.15) is 0 Å². The van der Waals surface area contributed by atoms with Gasteiger partial charge < -0.3 is 10.6 Å². The molecule has 0 aromatic carbocycles. The van der Waals surface area contributed by atoms with Crippen LogP contribution in [0.2, 0.25) is 0 Å². The number of allylic oxidation sites excluding steroid dienone is 1. The number of aliphatic imine (C=N–C) groups is 1. The smallest absolute Gasteiger partial charge is 0.125 e. The SMILES string of the molecule is C=C(/N=C(N)\C=C/C)N(CCC)CCC.CC.CC. The summed E-state index contributed by atoms with van der Waals surface area (Å²) >= 11 is 0. The zero-order valence-electron chi connectivity index (χ0n) is 14.2. The number of rotatable bonds is 7. The first-order valence-corrected chi connectivity index (χ1v) is 7.56. The Morgan fingerprint density at radius 3 is 1.84 bits per heavy atom. The van der Waals surface area contributed by atoms with Gasteiger partial charge >= 0.3 is 0 Å². The van der Waals surface area contributed by atoms with Crippen molar-refractivity contribution >= 4 is 5.84 Å². The van der Waals surface area contributed by atoms with Crippen molar-refractivity contribution in [1.82, 2.24) is 4.90 Å². The predicted molar refractivity (Wildman–Crippen MR) is 90.4 cm³/mol. The molecule has 0 amide bonds. The second-order valence-corrected chi connectivity index (χ2v) is 3.44. The third-order valence-corrected chi connectivity index (χ3v) is 1.95. The van der Waals surface area contributed by atoms with Crippen molar-refractivity contribution in [3.63, 3.8) is 0 Å². The molecule has 0 bridgehead atoms. The lowest BCUT2D eigenvalue weighted by Gasteiger charge is -2.22. The zero-order chi connectivity index (χ0) is 15.7. The Bertz CT molecular complexity index is 236. The first-order valence-electron chi connectivity index (χ1n) is 7.56. The molecular formula is C16H35N3. The molecule has 19 heavy (non-hydrogen) atoms. The van der Waals surface area contributed by atoms with Crippen LogP contribution in [0.25, 0.3) is 0 Å². The molecule has 0 unspecified atom stereocenters. The van der Waals surface area contributed by atoms with Crippen molar-refractivity contribution in [3.8, 4) is 0 Å². The molecule has 0 fully saturated rings. The molecule has 0 aromatic heterocycles. The van der Waals surface area contributed by atoms with E-state index in [1.807, 2.05) is 40.7 Å². The summed E-state index contributed by atoms with van der Waals surface area (Å²) in [5, 5.41) is 0. The Labute approximate surface area is 121 Å². The van der Waals surface area contributed by atoms with E-state index in [9.17, 15) is 0 Å². The first kappa shape index (κ1) is 22.9. The minimum Gasteiger partial charge on any atom is -0.384 e. The second kappa shape index (κ2) is 19.1. The van der Waals surface area contributed by atoms with Crippen molar-refractivity contribution in [2.45, 2.75) is 61.3 Å². The highest BCUT2D eigenvalue weighted by Crippen LogP contribution is 2.05. The highest BCUT2D eigenvalue weighted by atomic mass is 15.2. The Hall–Kier alpha value is -1.25. The van der Waals surface area contributed by atoms with Crippen molar-refractivity contribution in [3.05, 3.63) is 24.6 Å². The summed E-state index contributed by atoms with van der Waals surface area (Å²) in [4.78, 5) is 6.41. The van der Waals surface area contributed by atoms with Gasteiger partial charge in [0.15, 0.2) is 0 Å². The Balaban J connectivity index is -0.000000579. The lowest BCUT2D eigenvalue weighted by atomic mass is 10.3. The fourth-order valence-electron chi connectivity index (χ4n) is 1.34. The maximum absolute atomic E-state index is 5.69. The molecule has 0 atom stereocenters. The fraction of sp³-hybridized carbons (Fsp3) is 0.688. The van der Waals surface area contributed by atoms with Crippen LogP contribution in [0, 0.1) is 0 Å². The summed E-state index contributed by atoms with van der Waals surface area (Å²) in [6.45, 7) is 20.1. The molecule has 0 aromatic rings. The van der Waals surface area contributed by atoms with Gasteiger partial charge in [-0.05, 0) is 25.8 Å². The van der Waals surface area contributed by atoms with Crippen molar-refractivity contribution in [2.24, 2.45) is 10.7 Å². The van der Waals surface area contributed by atoms with Crippen LogP contribution in [0.3, 0.4) is 0 Å². The highest BCUT2D eigenvalue weighted by Gasteiger charge is 2.03. The minimum atomic E-state index is 0.514. The van der Waals surface area contributed by atoms with E-state index < -0.39 is 0 Å². The van der Waals surface area contributed by atoms with E-state index in [4.69, 9.17) is 5.73 Å². The van der Waals surface area contributed by atoms with E-state index in [-0.39, 0.29) is 0 Å². The van der Waals surface area contributed by atoms with E-state index in [1.165, 1.54) is 0 Å². The van der Waals surface area contributed by atoms with E-state index >= 15 is 0 Å². The molecule has 0 saturated carbocycles. The van der Waals surface area contributed by atoms with Crippen LogP contribution >= 0.6 is 0 Å². The summed E-state index contributed by atoms with van der Waals surface area (Å²) in [7, 11) is 0. The summed E-state index contributed by atoms with van der Waals surface area (Å²) in [5.41, 5.74) is 5.69. The van der Waals surface area contributed by atoms with Crippen molar-refractivity contribution in [2.75, 3.05) is 13.1 Å². The fourth-order valence-corrected chi connectivity index (χ4v) is 1.34. The molecule has 0 saturated heterocycles. The maximum atomic E-state index is 5.69. The maximum Gasteiger partial charge on any atom is 0.125 e. The number of hydrogen-bond acceptors (Lipinski definition) is 2. The van der Waals surface area contributed by atoms with Crippen LogP contribution in [0.1, 0.15) is 61.3 Å². The van der Waals surface area contributed by atoms with Gasteiger partial charge in [0.2, 0.25) is 0 Å². The van der Waals surface area contributed by atoms with Crippen LogP contribution in [0.15, 0.2) is 29.5 Å². The molecular weight excluding hydrogens is 234 g/mol. The predicted octanol–water partition coefficient (Wildman–Crippen LogP) is 4.57. The van der Waals surface area contributed by atoms with E-state index in [0.29, 0.717) is 5.84 Å². The quantitative estimate of drug-likeness (QED) is 0.543. The third kappa shape index (κ3) is 14.7. The molecule has 0 heterocycles. The number of nitrogens with zero attached hydrogens (tertiary/aromatic N) is 2. The summed E-state index contributed by atoms with van der Waals surface area (Å²) in [6, 6.07) is 0. The number of hydrogen-bond donors (Lipinski definition) is 1. The van der Waals surface area contributed by atoms with Crippen LogP contribution in [-0.2, 0) is 0 Å².